The number of hydrogen-bond acceptors (Lipinski definition) is 4. The average Bonchev–Trinajstić information content (AvgIpc) is 3.57. The van der Waals surface area contributed by atoms with Crippen molar-refractivity contribution in [3.05, 3.63) is 71.2 Å². The first-order valence-corrected chi connectivity index (χ1v) is 13.2. The molecule has 0 aliphatic carbocycles. The van der Waals surface area contributed by atoms with Gasteiger partial charge >= 0.3 is 0 Å². The second-order valence-electron chi connectivity index (χ2n) is 9.95. The van der Waals surface area contributed by atoms with Crippen molar-refractivity contribution in [3.8, 4) is 0 Å². The van der Waals surface area contributed by atoms with E-state index in [9.17, 15) is 14.4 Å². The fourth-order valence-corrected chi connectivity index (χ4v) is 5.31. The van der Waals surface area contributed by atoms with E-state index in [1.165, 1.54) is 0 Å². The number of halogens is 1. The van der Waals surface area contributed by atoms with Crippen LogP contribution in [0.1, 0.15) is 36.5 Å². The lowest BCUT2D eigenvalue weighted by Crippen LogP contribution is -2.40. The minimum Gasteiger partial charge on any atom is -0.352 e. The van der Waals surface area contributed by atoms with Crippen LogP contribution in [0.25, 0.3) is 10.8 Å². The summed E-state index contributed by atoms with van der Waals surface area (Å²) in [5.74, 6) is -0.140. The Morgan fingerprint density at radius 3 is 2.49 bits per heavy atom. The van der Waals surface area contributed by atoms with Crippen molar-refractivity contribution in [3.63, 3.8) is 0 Å². The molecule has 0 spiro atoms. The Labute approximate surface area is 221 Å². The number of carbonyl (C=O) groups excluding carboxylic acids is 3. The van der Waals surface area contributed by atoms with E-state index in [2.05, 4.69) is 15.5 Å². The van der Waals surface area contributed by atoms with Gasteiger partial charge in [-0.2, -0.15) is 0 Å². The summed E-state index contributed by atoms with van der Waals surface area (Å²) < 4.78 is 0. The molecule has 2 saturated heterocycles. The molecule has 2 N–H and O–H groups in total. The van der Waals surface area contributed by atoms with Crippen LogP contribution in [0.15, 0.2) is 60.7 Å². The average molecular weight is 519 g/mol. The SMILES string of the molecule is CC(C(=O)Nc1ccc(N2CC(CNC(=O)c3ccc4ccc(Cl)cc4c3)CC2=O)cc1)N1CCCC1. The molecule has 192 valence electrons. The zero-order chi connectivity index (χ0) is 25.9. The van der Waals surface area contributed by atoms with E-state index in [0.29, 0.717) is 35.8 Å². The molecule has 0 saturated carbocycles. The zero-order valence-corrected chi connectivity index (χ0v) is 21.6. The van der Waals surface area contributed by atoms with Gasteiger partial charge in [0.15, 0.2) is 0 Å². The number of nitrogens with one attached hydrogen (secondary N) is 2. The molecule has 0 radical (unpaired) electrons. The van der Waals surface area contributed by atoms with Crippen LogP contribution in [-0.2, 0) is 9.59 Å². The van der Waals surface area contributed by atoms with Crippen LogP contribution in [-0.4, -0.2) is 54.8 Å². The summed E-state index contributed by atoms with van der Waals surface area (Å²) in [6.45, 7) is 4.81. The zero-order valence-electron chi connectivity index (χ0n) is 20.9. The Morgan fingerprint density at radius 2 is 1.73 bits per heavy atom. The van der Waals surface area contributed by atoms with Crippen LogP contribution in [0.3, 0.4) is 0 Å². The molecule has 3 amide bonds. The highest BCUT2D eigenvalue weighted by Gasteiger charge is 2.31. The third-order valence-corrected chi connectivity index (χ3v) is 7.57. The van der Waals surface area contributed by atoms with E-state index in [0.717, 1.165) is 42.4 Å². The van der Waals surface area contributed by atoms with E-state index in [1.807, 2.05) is 61.5 Å². The molecule has 8 heteroatoms. The molecule has 7 nitrogen and oxygen atoms in total. The number of benzene rings is 3. The number of hydrogen-bond donors (Lipinski definition) is 2. The smallest absolute Gasteiger partial charge is 0.251 e. The lowest BCUT2D eigenvalue weighted by atomic mass is 10.1. The van der Waals surface area contributed by atoms with E-state index in [-0.39, 0.29) is 29.7 Å². The topological polar surface area (TPSA) is 81.8 Å². The van der Waals surface area contributed by atoms with Crippen molar-refractivity contribution < 1.29 is 14.4 Å². The number of rotatable bonds is 7. The van der Waals surface area contributed by atoms with Crippen molar-refractivity contribution in [1.82, 2.24) is 10.2 Å². The van der Waals surface area contributed by atoms with Crippen molar-refractivity contribution in [2.75, 3.05) is 36.4 Å². The number of fused-ring (bicyclic) bond motifs is 1. The first-order valence-electron chi connectivity index (χ1n) is 12.8. The van der Waals surface area contributed by atoms with Gasteiger partial charge in [0.1, 0.15) is 0 Å². The van der Waals surface area contributed by atoms with Gasteiger partial charge in [0, 0.05) is 47.4 Å². The molecular weight excluding hydrogens is 488 g/mol. The highest BCUT2D eigenvalue weighted by Crippen LogP contribution is 2.27. The van der Waals surface area contributed by atoms with E-state index in [4.69, 9.17) is 11.6 Å². The van der Waals surface area contributed by atoms with E-state index >= 15 is 0 Å². The molecule has 2 heterocycles. The first-order chi connectivity index (χ1) is 17.9. The van der Waals surface area contributed by atoms with Crippen LogP contribution < -0.4 is 15.5 Å². The maximum atomic E-state index is 12.7. The van der Waals surface area contributed by atoms with Gasteiger partial charge in [0.25, 0.3) is 5.91 Å². The van der Waals surface area contributed by atoms with Crippen LogP contribution in [0.5, 0.6) is 0 Å². The largest absolute Gasteiger partial charge is 0.352 e. The number of amides is 3. The van der Waals surface area contributed by atoms with Gasteiger partial charge in [-0.05, 0) is 92.2 Å². The molecule has 37 heavy (non-hydrogen) atoms. The maximum absolute atomic E-state index is 12.7. The molecule has 2 aliphatic rings. The molecule has 0 bridgehead atoms. The van der Waals surface area contributed by atoms with Crippen LogP contribution in [0, 0.1) is 5.92 Å². The van der Waals surface area contributed by atoms with Gasteiger partial charge in [0.05, 0.1) is 6.04 Å². The number of nitrogens with zero attached hydrogens (tertiary/aromatic N) is 2. The van der Waals surface area contributed by atoms with Crippen molar-refractivity contribution in [2.24, 2.45) is 5.92 Å². The quantitative estimate of drug-likeness (QED) is 0.475. The molecule has 0 aromatic heterocycles. The fraction of sp³-hybridized carbons (Fsp3) is 0.345. The second-order valence-corrected chi connectivity index (χ2v) is 10.4. The molecule has 2 fully saturated rings. The minimum absolute atomic E-state index is 0.0165. The summed E-state index contributed by atoms with van der Waals surface area (Å²) in [7, 11) is 0. The molecule has 3 aromatic rings. The summed E-state index contributed by atoms with van der Waals surface area (Å²) in [6, 6.07) is 18.3. The second kappa shape index (κ2) is 10.9. The lowest BCUT2D eigenvalue weighted by molar-refractivity contribution is -0.120. The van der Waals surface area contributed by atoms with Crippen molar-refractivity contribution >= 4 is 51.5 Å². The number of carbonyl (C=O) groups is 3. The van der Waals surface area contributed by atoms with E-state index in [1.54, 1.807) is 11.0 Å². The normalized spacial score (nSPS) is 18.8. The Balaban J connectivity index is 1.15. The Morgan fingerprint density at radius 1 is 1.00 bits per heavy atom. The summed E-state index contributed by atoms with van der Waals surface area (Å²) >= 11 is 6.09. The first kappa shape index (κ1) is 25.2. The summed E-state index contributed by atoms with van der Waals surface area (Å²) in [6.07, 6.45) is 2.65. The van der Waals surface area contributed by atoms with E-state index < -0.39 is 0 Å². The molecule has 3 aromatic carbocycles. The van der Waals surface area contributed by atoms with Crippen molar-refractivity contribution in [2.45, 2.75) is 32.2 Å². The third-order valence-electron chi connectivity index (χ3n) is 7.34. The molecule has 2 aliphatic heterocycles. The monoisotopic (exact) mass is 518 g/mol. The molecule has 5 rings (SSSR count). The Bertz CT molecular complexity index is 1320. The molecule has 2 atom stereocenters. The molecular formula is C29H31ClN4O3. The van der Waals surface area contributed by atoms with Gasteiger partial charge in [0.2, 0.25) is 11.8 Å². The number of anilines is 2. The Hall–Kier alpha value is -3.42. The van der Waals surface area contributed by atoms with Gasteiger partial charge in [-0.3, -0.25) is 19.3 Å². The predicted octanol–water partition coefficient (Wildman–Crippen LogP) is 4.70. The highest BCUT2D eigenvalue weighted by molar-refractivity contribution is 6.31. The van der Waals surface area contributed by atoms with Crippen LogP contribution in [0.4, 0.5) is 11.4 Å². The van der Waals surface area contributed by atoms with Crippen LogP contribution in [0.2, 0.25) is 5.02 Å². The lowest BCUT2D eigenvalue weighted by Gasteiger charge is -2.23. The molecule has 2 unspecified atom stereocenters. The van der Waals surface area contributed by atoms with Gasteiger partial charge in [-0.25, -0.2) is 0 Å². The minimum atomic E-state index is -0.170. The highest BCUT2D eigenvalue weighted by atomic mass is 35.5. The van der Waals surface area contributed by atoms with Gasteiger partial charge < -0.3 is 15.5 Å². The summed E-state index contributed by atoms with van der Waals surface area (Å²) in [5, 5.41) is 8.51. The van der Waals surface area contributed by atoms with Crippen LogP contribution >= 0.6 is 11.6 Å². The predicted molar refractivity (Wildman–Crippen MR) is 147 cm³/mol. The third kappa shape index (κ3) is 5.78. The van der Waals surface area contributed by atoms with Crippen molar-refractivity contribution in [1.29, 1.82) is 0 Å². The summed E-state index contributed by atoms with van der Waals surface area (Å²) in [4.78, 5) is 42.0. The maximum Gasteiger partial charge on any atom is 0.251 e. The Kier molecular flexibility index (Phi) is 7.44. The van der Waals surface area contributed by atoms with Gasteiger partial charge in [-0.15, -0.1) is 0 Å². The summed E-state index contributed by atoms with van der Waals surface area (Å²) in [5.41, 5.74) is 2.07. The number of likely N-dealkylation sites (tertiary alicyclic amines) is 1. The van der Waals surface area contributed by atoms with Gasteiger partial charge in [-0.1, -0.05) is 23.7 Å². The standard InChI is InChI=1S/C29H31ClN4O3/c1-19(33-12-2-3-13-33)28(36)32-25-8-10-26(11-9-25)34-18-20(14-27(34)35)17-31-29(37)22-5-4-21-6-7-24(30)16-23(21)15-22/h4-11,15-16,19-20H,2-3,12-14,17-18H2,1H3,(H,31,37)(H,32,36). The fourth-order valence-electron chi connectivity index (χ4n) is 5.13.